The smallest absolute Gasteiger partial charge is 0.269 e. The molecule has 0 saturated carbocycles. The van der Waals surface area contributed by atoms with E-state index in [2.05, 4.69) is 10.4 Å². The van der Waals surface area contributed by atoms with Gasteiger partial charge in [-0.25, -0.2) is 0 Å². The van der Waals surface area contributed by atoms with Gasteiger partial charge >= 0.3 is 0 Å². The van der Waals surface area contributed by atoms with Gasteiger partial charge in [0, 0.05) is 26.1 Å². The normalized spacial score (nSPS) is 15.6. The zero-order valence-corrected chi connectivity index (χ0v) is 12.8. The summed E-state index contributed by atoms with van der Waals surface area (Å²) in [5, 5.41) is 6.69. The van der Waals surface area contributed by atoms with Crippen molar-refractivity contribution in [2.75, 3.05) is 19.6 Å². The van der Waals surface area contributed by atoms with E-state index in [4.69, 9.17) is 5.73 Å². The number of aromatic nitrogens is 2. The van der Waals surface area contributed by atoms with Crippen LogP contribution in [0.1, 0.15) is 29.0 Å². The molecule has 0 aliphatic carbocycles. The third-order valence-electron chi connectivity index (χ3n) is 3.88. The average Bonchev–Trinajstić information content (AvgIpc) is 2.83. The number of nitrogens with one attached hydrogen (secondary N) is 1. The lowest BCUT2D eigenvalue weighted by molar-refractivity contribution is -0.133. The maximum absolute atomic E-state index is 12.1. The van der Waals surface area contributed by atoms with E-state index in [1.807, 2.05) is 0 Å². The molecule has 3 N–H and O–H groups in total. The third-order valence-corrected chi connectivity index (χ3v) is 3.88. The number of amides is 3. The number of primary amides is 1. The fourth-order valence-corrected chi connectivity index (χ4v) is 2.59. The lowest BCUT2D eigenvalue weighted by Gasteiger charge is -2.30. The second-order valence-electron chi connectivity index (χ2n) is 5.53. The first-order valence-corrected chi connectivity index (χ1v) is 7.24. The van der Waals surface area contributed by atoms with Crippen LogP contribution in [0.3, 0.4) is 0 Å². The maximum atomic E-state index is 12.1. The van der Waals surface area contributed by atoms with E-state index >= 15 is 0 Å². The van der Waals surface area contributed by atoms with Gasteiger partial charge in [-0.15, -0.1) is 0 Å². The number of nitrogens with two attached hydrogens (primary N) is 1. The molecule has 1 saturated heterocycles. The first-order chi connectivity index (χ1) is 10.4. The molecule has 0 radical (unpaired) electrons. The van der Waals surface area contributed by atoms with Crippen molar-refractivity contribution in [3.05, 3.63) is 17.5 Å². The van der Waals surface area contributed by atoms with Gasteiger partial charge in [0.05, 0.1) is 12.2 Å². The molecule has 0 spiro atoms. The van der Waals surface area contributed by atoms with Gasteiger partial charge in [-0.3, -0.25) is 19.1 Å². The number of likely N-dealkylation sites (tertiary alicyclic amines) is 1. The second-order valence-corrected chi connectivity index (χ2v) is 5.53. The molecule has 0 aromatic carbocycles. The number of nitrogens with zero attached hydrogens (tertiary/aromatic N) is 3. The van der Waals surface area contributed by atoms with Crippen molar-refractivity contribution in [3.63, 3.8) is 0 Å². The molecule has 0 atom stereocenters. The molecule has 2 heterocycles. The average molecular weight is 307 g/mol. The van der Waals surface area contributed by atoms with E-state index < -0.39 is 0 Å². The van der Waals surface area contributed by atoms with Crippen LogP contribution in [0.25, 0.3) is 0 Å². The van der Waals surface area contributed by atoms with Gasteiger partial charge in [0.15, 0.2) is 0 Å². The molecular formula is C14H21N5O3. The Morgan fingerprint density at radius 3 is 2.50 bits per heavy atom. The first kappa shape index (κ1) is 16.0. The maximum Gasteiger partial charge on any atom is 0.269 e. The quantitative estimate of drug-likeness (QED) is 0.757. The molecule has 22 heavy (non-hydrogen) atoms. The minimum atomic E-state index is -0.330. The molecule has 0 unspecified atom stereocenters. The van der Waals surface area contributed by atoms with Crippen LogP contribution in [0.15, 0.2) is 6.07 Å². The lowest BCUT2D eigenvalue weighted by Crippen LogP contribution is -2.45. The Kier molecular flexibility index (Phi) is 4.79. The molecule has 0 bridgehead atoms. The monoisotopic (exact) mass is 307 g/mol. The van der Waals surface area contributed by atoms with Gasteiger partial charge in [0.25, 0.3) is 5.91 Å². The highest BCUT2D eigenvalue weighted by Crippen LogP contribution is 2.16. The van der Waals surface area contributed by atoms with Crippen molar-refractivity contribution in [2.24, 2.45) is 18.7 Å². The SMILES string of the molecule is Cc1cc(C(=O)NCC(=O)N2CCC(C(N)=O)CC2)n(C)n1. The Bertz CT molecular complexity index is 587. The fourth-order valence-electron chi connectivity index (χ4n) is 2.59. The van der Waals surface area contributed by atoms with E-state index in [1.165, 1.54) is 4.68 Å². The third kappa shape index (κ3) is 3.63. The second kappa shape index (κ2) is 6.59. The molecule has 1 aliphatic rings. The zero-order valence-electron chi connectivity index (χ0n) is 12.8. The minimum absolute atomic E-state index is 0.0652. The van der Waals surface area contributed by atoms with Crippen LogP contribution in [0, 0.1) is 12.8 Å². The van der Waals surface area contributed by atoms with Gasteiger partial charge in [-0.2, -0.15) is 5.10 Å². The largest absolute Gasteiger partial charge is 0.369 e. The standard InChI is InChI=1S/C14H21N5O3/c1-9-7-11(18(2)17-9)14(22)16-8-12(20)19-5-3-10(4-6-19)13(15)21/h7,10H,3-6,8H2,1-2H3,(H2,15,21)(H,16,22). The molecule has 2 rings (SSSR count). The Hall–Kier alpha value is -2.38. The summed E-state index contributed by atoms with van der Waals surface area (Å²) in [6, 6.07) is 1.66. The summed E-state index contributed by atoms with van der Waals surface area (Å²) in [5.74, 6) is -0.957. The Labute approximate surface area is 128 Å². The molecular weight excluding hydrogens is 286 g/mol. The summed E-state index contributed by atoms with van der Waals surface area (Å²) < 4.78 is 1.48. The minimum Gasteiger partial charge on any atom is -0.369 e. The molecule has 1 aliphatic heterocycles. The first-order valence-electron chi connectivity index (χ1n) is 7.24. The molecule has 1 aromatic heterocycles. The summed E-state index contributed by atoms with van der Waals surface area (Å²) in [6.07, 6.45) is 1.16. The highest BCUT2D eigenvalue weighted by Gasteiger charge is 2.26. The number of carbonyl (C=O) groups excluding carboxylic acids is 3. The van der Waals surface area contributed by atoms with E-state index in [-0.39, 0.29) is 30.2 Å². The van der Waals surface area contributed by atoms with Crippen LogP contribution in [0.4, 0.5) is 0 Å². The molecule has 3 amide bonds. The molecule has 8 nitrogen and oxygen atoms in total. The number of rotatable bonds is 4. The summed E-state index contributed by atoms with van der Waals surface area (Å²) in [5.41, 5.74) is 6.42. The number of hydrogen-bond acceptors (Lipinski definition) is 4. The highest BCUT2D eigenvalue weighted by atomic mass is 16.2. The van der Waals surface area contributed by atoms with Crippen molar-refractivity contribution in [1.29, 1.82) is 0 Å². The van der Waals surface area contributed by atoms with Crippen molar-refractivity contribution >= 4 is 17.7 Å². The molecule has 120 valence electrons. The van der Waals surface area contributed by atoms with Crippen molar-refractivity contribution in [1.82, 2.24) is 20.0 Å². The van der Waals surface area contributed by atoms with Gasteiger partial charge < -0.3 is 16.0 Å². The van der Waals surface area contributed by atoms with Gasteiger partial charge in [-0.05, 0) is 25.8 Å². The highest BCUT2D eigenvalue weighted by molar-refractivity contribution is 5.95. The van der Waals surface area contributed by atoms with E-state index in [0.29, 0.717) is 31.6 Å². The van der Waals surface area contributed by atoms with Crippen LogP contribution < -0.4 is 11.1 Å². The van der Waals surface area contributed by atoms with Crippen molar-refractivity contribution < 1.29 is 14.4 Å². The Morgan fingerprint density at radius 2 is 2.00 bits per heavy atom. The van der Waals surface area contributed by atoms with Crippen LogP contribution in [-0.4, -0.2) is 52.0 Å². The number of piperidine rings is 1. The van der Waals surface area contributed by atoms with Gasteiger partial charge in [0.2, 0.25) is 11.8 Å². The Morgan fingerprint density at radius 1 is 1.36 bits per heavy atom. The Balaban J connectivity index is 1.82. The predicted octanol–water partition coefficient (Wildman–Crippen LogP) is -0.818. The summed E-state index contributed by atoms with van der Waals surface area (Å²) >= 11 is 0. The predicted molar refractivity (Wildman–Crippen MR) is 78.8 cm³/mol. The summed E-state index contributed by atoms with van der Waals surface area (Å²) in [4.78, 5) is 36.8. The van der Waals surface area contributed by atoms with Crippen molar-refractivity contribution in [3.8, 4) is 0 Å². The molecule has 1 fully saturated rings. The summed E-state index contributed by atoms with van der Waals surface area (Å²) in [7, 11) is 1.68. The summed E-state index contributed by atoms with van der Waals surface area (Å²) in [6.45, 7) is 2.72. The lowest BCUT2D eigenvalue weighted by atomic mass is 9.96. The molecule has 1 aromatic rings. The van der Waals surface area contributed by atoms with Gasteiger partial charge in [0.1, 0.15) is 5.69 Å². The van der Waals surface area contributed by atoms with Crippen LogP contribution >= 0.6 is 0 Å². The molecule has 8 heteroatoms. The van der Waals surface area contributed by atoms with E-state index in [0.717, 1.165) is 5.69 Å². The van der Waals surface area contributed by atoms with Gasteiger partial charge in [-0.1, -0.05) is 0 Å². The van der Waals surface area contributed by atoms with Crippen LogP contribution in [0.5, 0.6) is 0 Å². The number of carbonyl (C=O) groups is 3. The van der Waals surface area contributed by atoms with E-state index in [9.17, 15) is 14.4 Å². The topological polar surface area (TPSA) is 110 Å². The van der Waals surface area contributed by atoms with E-state index in [1.54, 1.807) is 24.9 Å². The van der Waals surface area contributed by atoms with Crippen LogP contribution in [0.2, 0.25) is 0 Å². The number of aryl methyl sites for hydroxylation is 2. The van der Waals surface area contributed by atoms with Crippen LogP contribution in [-0.2, 0) is 16.6 Å². The zero-order chi connectivity index (χ0) is 16.3. The fraction of sp³-hybridized carbons (Fsp3) is 0.571. The number of hydrogen-bond donors (Lipinski definition) is 2. The van der Waals surface area contributed by atoms with Crippen molar-refractivity contribution in [2.45, 2.75) is 19.8 Å².